The molecule has 0 aliphatic carbocycles. The molecule has 2 rings (SSSR count). The average molecular weight is 311 g/mol. The Balaban J connectivity index is 2.37. The zero-order chi connectivity index (χ0) is 14.7. The maximum absolute atomic E-state index is 12.4. The van der Waals surface area contributed by atoms with E-state index >= 15 is 0 Å². The van der Waals surface area contributed by atoms with E-state index in [1.165, 1.54) is 22.4 Å². The minimum atomic E-state index is -1.10. The number of halogens is 1. The summed E-state index contributed by atoms with van der Waals surface area (Å²) in [7, 11) is 0. The minimum absolute atomic E-state index is 0.392. The Morgan fingerprint density at radius 2 is 2.20 bits per heavy atom. The first-order chi connectivity index (χ1) is 9.47. The lowest BCUT2D eigenvalue weighted by atomic mass is 10.2. The quantitative estimate of drug-likeness (QED) is 0.942. The van der Waals surface area contributed by atoms with Crippen LogP contribution in [-0.2, 0) is 4.79 Å². The standard InChI is InChI=1S/C13H11ClN2O3S/c1-8-15-6-11(20-8)13(19)16(7-12(17)18)10-4-2-3-9(14)5-10/h2-6H,7H2,1H3,(H,17,18). The first-order valence-corrected chi connectivity index (χ1v) is 6.88. The van der Waals surface area contributed by atoms with Gasteiger partial charge in [-0.3, -0.25) is 14.5 Å². The smallest absolute Gasteiger partial charge is 0.323 e. The number of hydrogen-bond donors (Lipinski definition) is 1. The summed E-state index contributed by atoms with van der Waals surface area (Å²) in [6.07, 6.45) is 1.45. The van der Waals surface area contributed by atoms with Crippen molar-refractivity contribution in [3.8, 4) is 0 Å². The summed E-state index contributed by atoms with van der Waals surface area (Å²) in [6, 6.07) is 6.51. The molecule has 20 heavy (non-hydrogen) atoms. The van der Waals surface area contributed by atoms with Gasteiger partial charge in [0.25, 0.3) is 5.91 Å². The van der Waals surface area contributed by atoms with Gasteiger partial charge >= 0.3 is 5.97 Å². The van der Waals surface area contributed by atoms with Crippen molar-refractivity contribution in [2.75, 3.05) is 11.4 Å². The average Bonchev–Trinajstić information content (AvgIpc) is 2.81. The zero-order valence-corrected chi connectivity index (χ0v) is 12.1. The summed E-state index contributed by atoms with van der Waals surface area (Å²) in [4.78, 5) is 28.9. The van der Waals surface area contributed by atoms with Crippen molar-refractivity contribution < 1.29 is 14.7 Å². The number of carboxylic acids is 1. The highest BCUT2D eigenvalue weighted by atomic mass is 35.5. The highest BCUT2D eigenvalue weighted by Crippen LogP contribution is 2.23. The topological polar surface area (TPSA) is 70.5 Å². The third-order valence-electron chi connectivity index (χ3n) is 2.49. The second-order valence-corrected chi connectivity index (χ2v) is 5.68. The monoisotopic (exact) mass is 310 g/mol. The van der Waals surface area contributed by atoms with Crippen molar-refractivity contribution in [2.45, 2.75) is 6.92 Å². The molecule has 1 N–H and O–H groups in total. The summed E-state index contributed by atoms with van der Waals surface area (Å²) in [5, 5.41) is 10.2. The number of aryl methyl sites for hydroxylation is 1. The van der Waals surface area contributed by atoms with Crippen LogP contribution in [0.4, 0.5) is 5.69 Å². The number of nitrogens with zero attached hydrogens (tertiary/aromatic N) is 2. The molecule has 1 aromatic carbocycles. The Bertz CT molecular complexity index is 657. The highest BCUT2D eigenvalue weighted by molar-refractivity contribution is 7.13. The lowest BCUT2D eigenvalue weighted by Crippen LogP contribution is -2.35. The van der Waals surface area contributed by atoms with E-state index in [4.69, 9.17) is 16.7 Å². The molecular weight excluding hydrogens is 300 g/mol. The number of carboxylic acid groups (broad SMARTS) is 1. The van der Waals surface area contributed by atoms with E-state index in [1.807, 2.05) is 0 Å². The molecule has 1 amide bonds. The Morgan fingerprint density at radius 3 is 2.75 bits per heavy atom. The molecule has 0 spiro atoms. The summed E-state index contributed by atoms with van der Waals surface area (Å²) in [6.45, 7) is 1.35. The van der Waals surface area contributed by atoms with Gasteiger partial charge in [0, 0.05) is 10.7 Å². The minimum Gasteiger partial charge on any atom is -0.480 e. The van der Waals surface area contributed by atoms with Crippen LogP contribution in [0.15, 0.2) is 30.5 Å². The molecule has 0 saturated carbocycles. The number of carbonyl (C=O) groups is 2. The molecule has 0 bridgehead atoms. The largest absolute Gasteiger partial charge is 0.480 e. The van der Waals surface area contributed by atoms with Crippen LogP contribution in [-0.4, -0.2) is 28.5 Å². The van der Waals surface area contributed by atoms with Crippen molar-refractivity contribution in [1.29, 1.82) is 0 Å². The second kappa shape index (κ2) is 6.02. The van der Waals surface area contributed by atoms with Crippen LogP contribution in [0.25, 0.3) is 0 Å². The fraction of sp³-hybridized carbons (Fsp3) is 0.154. The number of aliphatic carboxylic acids is 1. The van der Waals surface area contributed by atoms with Crippen molar-refractivity contribution in [3.63, 3.8) is 0 Å². The van der Waals surface area contributed by atoms with Gasteiger partial charge < -0.3 is 5.11 Å². The summed E-state index contributed by atoms with van der Waals surface area (Å²) in [5.41, 5.74) is 0.441. The predicted octanol–water partition coefficient (Wildman–Crippen LogP) is 2.84. The van der Waals surface area contributed by atoms with Crippen molar-refractivity contribution >= 4 is 40.5 Å². The van der Waals surface area contributed by atoms with Crippen molar-refractivity contribution in [1.82, 2.24) is 4.98 Å². The lowest BCUT2D eigenvalue weighted by molar-refractivity contribution is -0.135. The van der Waals surface area contributed by atoms with E-state index in [-0.39, 0.29) is 0 Å². The van der Waals surface area contributed by atoms with Crippen LogP contribution in [0.3, 0.4) is 0 Å². The summed E-state index contributed by atoms with van der Waals surface area (Å²) in [5.74, 6) is -1.50. The molecule has 0 saturated heterocycles. The maximum Gasteiger partial charge on any atom is 0.323 e. The number of anilines is 1. The number of rotatable bonds is 4. The summed E-state index contributed by atoms with van der Waals surface area (Å²) < 4.78 is 0. The maximum atomic E-state index is 12.4. The predicted molar refractivity (Wildman–Crippen MR) is 77.6 cm³/mol. The van der Waals surface area contributed by atoms with E-state index < -0.39 is 18.4 Å². The Hall–Kier alpha value is -1.92. The Kier molecular flexibility index (Phi) is 4.36. The first kappa shape index (κ1) is 14.5. The molecular formula is C13H11ClN2O3S. The van der Waals surface area contributed by atoms with Crippen LogP contribution >= 0.6 is 22.9 Å². The van der Waals surface area contributed by atoms with Gasteiger partial charge in [0.15, 0.2) is 0 Å². The lowest BCUT2D eigenvalue weighted by Gasteiger charge is -2.20. The van der Waals surface area contributed by atoms with E-state index in [2.05, 4.69) is 4.98 Å². The normalized spacial score (nSPS) is 10.3. The molecule has 0 unspecified atom stereocenters. The fourth-order valence-electron chi connectivity index (χ4n) is 1.65. The summed E-state index contributed by atoms with van der Waals surface area (Å²) >= 11 is 7.11. The van der Waals surface area contributed by atoms with Gasteiger partial charge in [-0.05, 0) is 25.1 Å². The number of carbonyl (C=O) groups excluding carboxylic acids is 1. The van der Waals surface area contributed by atoms with Crippen LogP contribution in [0.1, 0.15) is 14.7 Å². The van der Waals surface area contributed by atoms with Crippen molar-refractivity contribution in [2.24, 2.45) is 0 Å². The molecule has 0 atom stereocenters. The molecule has 2 aromatic rings. The molecule has 7 heteroatoms. The number of amides is 1. The molecule has 104 valence electrons. The van der Waals surface area contributed by atoms with E-state index in [9.17, 15) is 9.59 Å². The van der Waals surface area contributed by atoms with Gasteiger partial charge in [0.2, 0.25) is 0 Å². The van der Waals surface area contributed by atoms with Crippen LogP contribution in [0, 0.1) is 6.92 Å². The molecule has 1 heterocycles. The van der Waals surface area contributed by atoms with E-state index in [1.54, 1.807) is 31.2 Å². The third kappa shape index (κ3) is 3.34. The molecule has 0 radical (unpaired) electrons. The van der Waals surface area contributed by atoms with Crippen LogP contribution in [0.2, 0.25) is 5.02 Å². The first-order valence-electron chi connectivity index (χ1n) is 5.69. The third-order valence-corrected chi connectivity index (χ3v) is 3.63. The Labute approximate surface area is 124 Å². The van der Waals surface area contributed by atoms with E-state index in [0.717, 1.165) is 5.01 Å². The molecule has 0 aliphatic heterocycles. The van der Waals surface area contributed by atoms with Gasteiger partial charge in [-0.2, -0.15) is 0 Å². The Morgan fingerprint density at radius 1 is 1.45 bits per heavy atom. The molecule has 1 aromatic heterocycles. The number of hydrogen-bond acceptors (Lipinski definition) is 4. The van der Waals surface area contributed by atoms with E-state index in [0.29, 0.717) is 15.6 Å². The molecule has 0 aliphatic rings. The highest BCUT2D eigenvalue weighted by Gasteiger charge is 2.22. The number of thiazole rings is 1. The van der Waals surface area contributed by atoms with Gasteiger partial charge in [-0.25, -0.2) is 4.98 Å². The fourth-order valence-corrected chi connectivity index (χ4v) is 2.56. The van der Waals surface area contributed by atoms with Crippen molar-refractivity contribution in [3.05, 3.63) is 45.4 Å². The van der Waals surface area contributed by atoms with Crippen LogP contribution < -0.4 is 4.90 Å². The van der Waals surface area contributed by atoms with Gasteiger partial charge in [0.1, 0.15) is 11.4 Å². The second-order valence-electron chi connectivity index (χ2n) is 4.01. The van der Waals surface area contributed by atoms with Gasteiger partial charge in [-0.15, -0.1) is 11.3 Å². The van der Waals surface area contributed by atoms with Crippen LogP contribution in [0.5, 0.6) is 0 Å². The molecule has 5 nitrogen and oxygen atoms in total. The molecule has 0 fully saturated rings. The van der Waals surface area contributed by atoms with Gasteiger partial charge in [0.05, 0.1) is 11.2 Å². The SMILES string of the molecule is Cc1ncc(C(=O)N(CC(=O)O)c2cccc(Cl)c2)s1. The zero-order valence-electron chi connectivity index (χ0n) is 10.5. The number of benzene rings is 1. The number of aromatic nitrogens is 1. The van der Waals surface area contributed by atoms with Gasteiger partial charge in [-0.1, -0.05) is 17.7 Å².